The molecule has 3 N–H and O–H groups in total. The Labute approximate surface area is 203 Å². The van der Waals surface area contributed by atoms with E-state index in [1.807, 2.05) is 27.7 Å². The van der Waals surface area contributed by atoms with Crippen LogP contribution in [0.2, 0.25) is 0 Å². The number of hydrogen-bond donors (Lipinski definition) is 2. The smallest absolute Gasteiger partial charge is 0.465 e. The van der Waals surface area contributed by atoms with Crippen LogP contribution in [0, 0.1) is 5.82 Å². The van der Waals surface area contributed by atoms with Gasteiger partial charge in [0.25, 0.3) is 5.91 Å². The summed E-state index contributed by atoms with van der Waals surface area (Å²) in [6.45, 7) is 8.55. The summed E-state index contributed by atoms with van der Waals surface area (Å²) < 4.78 is 39.3. The van der Waals surface area contributed by atoms with E-state index >= 15 is 4.39 Å². The van der Waals surface area contributed by atoms with E-state index in [1.165, 1.54) is 13.2 Å². The van der Waals surface area contributed by atoms with Crippen LogP contribution in [0.3, 0.4) is 0 Å². The number of carbonyl (C=O) groups excluding carboxylic acids is 2. The minimum absolute atomic E-state index is 0.0452. The average molecular weight is 488 g/mol. The number of anilines is 2. The fourth-order valence-electron chi connectivity index (χ4n) is 4.09. The standard InChI is InChI=1S/C23H30BFN4O6/c1-22(2)23(3,4)35-24(34-22)16-9-13(10-17(25)18(16)21(31)32-5)27-20-15(19(26)30)11-29(28-20)14-7-6-8-33-12-14/h9-11,14H,6-8,12H2,1-5H3,(H2,26,30)(H,27,28). The maximum absolute atomic E-state index is 15.3. The summed E-state index contributed by atoms with van der Waals surface area (Å²) in [5.41, 5.74) is 4.37. The Hall–Kier alpha value is -2.96. The van der Waals surface area contributed by atoms with E-state index in [-0.39, 0.29) is 34.1 Å². The lowest BCUT2D eigenvalue weighted by Gasteiger charge is -2.32. The molecule has 0 radical (unpaired) electrons. The molecule has 2 aliphatic heterocycles. The monoisotopic (exact) mass is 488 g/mol. The summed E-state index contributed by atoms with van der Waals surface area (Å²) >= 11 is 0. The number of ether oxygens (including phenoxy) is 2. The van der Waals surface area contributed by atoms with Crippen LogP contribution in [0.25, 0.3) is 0 Å². The van der Waals surface area contributed by atoms with Crippen molar-refractivity contribution < 1.29 is 32.8 Å². The highest BCUT2D eigenvalue weighted by molar-refractivity contribution is 6.63. The van der Waals surface area contributed by atoms with Gasteiger partial charge in [-0.2, -0.15) is 5.10 Å². The molecule has 2 saturated heterocycles. The number of halogens is 1. The summed E-state index contributed by atoms with van der Waals surface area (Å²) in [7, 11) is 0.140. The minimum atomic E-state index is -1.03. The first-order chi connectivity index (χ1) is 16.4. The highest BCUT2D eigenvalue weighted by atomic mass is 19.1. The van der Waals surface area contributed by atoms with Gasteiger partial charge < -0.3 is 29.8 Å². The molecular formula is C23H30BFN4O6. The molecule has 2 aromatic rings. The molecule has 2 aliphatic rings. The molecule has 188 valence electrons. The van der Waals surface area contributed by atoms with E-state index in [1.54, 1.807) is 10.9 Å². The summed E-state index contributed by atoms with van der Waals surface area (Å²) in [5.74, 6) is -2.23. The third-order valence-electron chi connectivity index (χ3n) is 6.79. The molecule has 1 atom stereocenters. The molecule has 1 unspecified atom stereocenters. The molecule has 0 saturated carbocycles. The molecule has 12 heteroatoms. The number of esters is 1. The van der Waals surface area contributed by atoms with Gasteiger partial charge in [0.2, 0.25) is 0 Å². The third-order valence-corrected chi connectivity index (χ3v) is 6.79. The second kappa shape index (κ2) is 9.25. The molecule has 3 heterocycles. The zero-order chi connectivity index (χ0) is 25.5. The van der Waals surface area contributed by atoms with E-state index in [9.17, 15) is 9.59 Å². The van der Waals surface area contributed by atoms with E-state index in [2.05, 4.69) is 10.4 Å². The van der Waals surface area contributed by atoms with Crippen molar-refractivity contribution in [2.24, 2.45) is 5.73 Å². The molecular weight excluding hydrogens is 458 g/mol. The summed E-state index contributed by atoms with van der Waals surface area (Å²) in [6, 6.07) is 2.59. The van der Waals surface area contributed by atoms with E-state index in [0.717, 1.165) is 18.9 Å². The van der Waals surface area contributed by atoms with Crippen molar-refractivity contribution in [3.8, 4) is 0 Å². The van der Waals surface area contributed by atoms with Crippen molar-refractivity contribution in [2.75, 3.05) is 25.6 Å². The van der Waals surface area contributed by atoms with Crippen molar-refractivity contribution in [1.29, 1.82) is 0 Å². The molecule has 0 aliphatic carbocycles. The van der Waals surface area contributed by atoms with Crippen molar-refractivity contribution in [3.05, 3.63) is 35.3 Å². The molecule has 0 spiro atoms. The Kier molecular flexibility index (Phi) is 6.65. The lowest BCUT2D eigenvalue weighted by Crippen LogP contribution is -2.41. The number of rotatable bonds is 6. The summed E-state index contributed by atoms with van der Waals surface area (Å²) in [6.07, 6.45) is 3.27. The second-order valence-electron chi connectivity index (χ2n) is 9.73. The number of amides is 1. The number of hydrogen-bond acceptors (Lipinski definition) is 8. The van der Waals surface area contributed by atoms with Crippen LogP contribution in [0.5, 0.6) is 0 Å². The van der Waals surface area contributed by atoms with E-state index in [0.29, 0.717) is 13.2 Å². The zero-order valence-corrected chi connectivity index (χ0v) is 20.5. The van der Waals surface area contributed by atoms with Crippen molar-refractivity contribution in [2.45, 2.75) is 57.8 Å². The van der Waals surface area contributed by atoms with Crippen LogP contribution in [0.15, 0.2) is 18.3 Å². The predicted octanol–water partition coefficient (Wildman–Crippen LogP) is 2.30. The molecule has 1 amide bonds. The van der Waals surface area contributed by atoms with E-state index in [4.69, 9.17) is 24.5 Å². The number of carbonyl (C=O) groups is 2. The van der Waals surface area contributed by atoms with Gasteiger partial charge >= 0.3 is 13.1 Å². The van der Waals surface area contributed by atoms with Gasteiger partial charge in [0.05, 0.1) is 36.5 Å². The number of nitrogens with two attached hydrogens (primary N) is 1. The summed E-state index contributed by atoms with van der Waals surface area (Å²) in [5, 5.41) is 7.44. The highest BCUT2D eigenvalue weighted by Gasteiger charge is 2.53. The zero-order valence-electron chi connectivity index (χ0n) is 20.5. The molecule has 2 fully saturated rings. The lowest BCUT2D eigenvalue weighted by atomic mass is 9.75. The van der Waals surface area contributed by atoms with Gasteiger partial charge in [-0.3, -0.25) is 9.48 Å². The Morgan fingerprint density at radius 3 is 2.51 bits per heavy atom. The number of nitrogens with one attached hydrogen (secondary N) is 1. The SMILES string of the molecule is COC(=O)c1c(F)cc(Nc2nn(C3CCCOC3)cc2C(N)=O)cc1B1OC(C)(C)C(C)(C)O1. The number of methoxy groups -OCH3 is 1. The van der Waals surface area contributed by atoms with Crippen LogP contribution in [-0.2, 0) is 18.8 Å². The lowest BCUT2D eigenvalue weighted by molar-refractivity contribution is 0.00578. The van der Waals surface area contributed by atoms with Crippen LogP contribution in [-0.4, -0.2) is 60.3 Å². The van der Waals surface area contributed by atoms with Crippen LogP contribution in [0.1, 0.15) is 67.3 Å². The molecule has 1 aromatic heterocycles. The first kappa shape index (κ1) is 25.1. The number of aromatic nitrogens is 2. The van der Waals surface area contributed by atoms with Crippen LogP contribution >= 0.6 is 0 Å². The fourth-order valence-corrected chi connectivity index (χ4v) is 4.09. The van der Waals surface area contributed by atoms with Crippen molar-refractivity contribution in [1.82, 2.24) is 9.78 Å². The highest BCUT2D eigenvalue weighted by Crippen LogP contribution is 2.37. The number of primary amides is 1. The van der Waals surface area contributed by atoms with Gasteiger partial charge in [0.1, 0.15) is 11.4 Å². The van der Waals surface area contributed by atoms with Gasteiger partial charge in [-0.1, -0.05) is 0 Å². The maximum Gasteiger partial charge on any atom is 0.495 e. The molecule has 1 aromatic carbocycles. The topological polar surface area (TPSA) is 127 Å². The number of benzene rings is 1. The second-order valence-corrected chi connectivity index (χ2v) is 9.73. The first-order valence-electron chi connectivity index (χ1n) is 11.4. The maximum atomic E-state index is 15.3. The Morgan fingerprint density at radius 2 is 1.94 bits per heavy atom. The van der Waals surface area contributed by atoms with Gasteiger partial charge in [-0.15, -0.1) is 0 Å². The Morgan fingerprint density at radius 1 is 1.26 bits per heavy atom. The quantitative estimate of drug-likeness (QED) is 0.469. The largest absolute Gasteiger partial charge is 0.495 e. The molecule has 4 rings (SSSR count). The Bertz CT molecular complexity index is 1130. The summed E-state index contributed by atoms with van der Waals surface area (Å²) in [4.78, 5) is 24.5. The van der Waals surface area contributed by atoms with Crippen LogP contribution < -0.4 is 16.5 Å². The predicted molar refractivity (Wildman–Crippen MR) is 127 cm³/mol. The fraction of sp³-hybridized carbons (Fsp3) is 0.522. The van der Waals surface area contributed by atoms with Gasteiger partial charge in [0.15, 0.2) is 5.82 Å². The van der Waals surface area contributed by atoms with Gasteiger partial charge in [-0.05, 0) is 52.7 Å². The molecule has 10 nitrogen and oxygen atoms in total. The average Bonchev–Trinajstić information content (AvgIpc) is 3.31. The number of nitrogens with zero attached hydrogens (tertiary/aromatic N) is 2. The molecule has 0 bridgehead atoms. The Balaban J connectivity index is 1.73. The van der Waals surface area contributed by atoms with E-state index < -0.39 is 36.0 Å². The van der Waals surface area contributed by atoms with Gasteiger partial charge in [0, 0.05) is 24.0 Å². The van der Waals surface area contributed by atoms with Crippen molar-refractivity contribution in [3.63, 3.8) is 0 Å². The first-order valence-corrected chi connectivity index (χ1v) is 11.4. The van der Waals surface area contributed by atoms with Gasteiger partial charge in [-0.25, -0.2) is 9.18 Å². The van der Waals surface area contributed by atoms with Crippen LogP contribution in [0.4, 0.5) is 15.9 Å². The third kappa shape index (κ3) is 4.78. The minimum Gasteiger partial charge on any atom is -0.465 e. The normalized spacial score (nSPS) is 21.1. The molecule has 35 heavy (non-hydrogen) atoms. The van der Waals surface area contributed by atoms with Crippen molar-refractivity contribution >= 4 is 36.0 Å².